The van der Waals surface area contributed by atoms with E-state index in [1.165, 1.54) is 6.07 Å². The van der Waals surface area contributed by atoms with Crippen molar-refractivity contribution in [3.63, 3.8) is 0 Å². The van der Waals surface area contributed by atoms with E-state index in [0.29, 0.717) is 20.8 Å². The summed E-state index contributed by atoms with van der Waals surface area (Å²) in [5.41, 5.74) is 0.685. The second-order valence-electron chi connectivity index (χ2n) is 3.86. The number of aromatic nitrogens is 1. The fourth-order valence-corrected chi connectivity index (χ4v) is 2.93. The van der Waals surface area contributed by atoms with E-state index in [9.17, 15) is 9.59 Å². The summed E-state index contributed by atoms with van der Waals surface area (Å²) >= 11 is 10.0. The highest BCUT2D eigenvalue weighted by Gasteiger charge is 2.20. The maximum atomic E-state index is 12.2. The molecular weight excluding hydrogens is 368 g/mol. The second-order valence-corrected chi connectivity index (χ2v) is 5.92. The molecular formula is C12H8BrClN2O3S. The van der Waals surface area contributed by atoms with Crippen LogP contribution in [0, 0.1) is 6.92 Å². The molecule has 0 unspecified atom stereocenters. The van der Waals surface area contributed by atoms with Crippen molar-refractivity contribution < 1.29 is 14.7 Å². The van der Waals surface area contributed by atoms with Crippen molar-refractivity contribution in [2.75, 3.05) is 5.32 Å². The van der Waals surface area contributed by atoms with E-state index in [2.05, 4.69) is 25.6 Å². The molecule has 0 saturated heterocycles. The molecule has 104 valence electrons. The Kier molecular flexibility index (Phi) is 4.42. The molecule has 1 aromatic heterocycles. The Labute approximate surface area is 131 Å². The van der Waals surface area contributed by atoms with Crippen LogP contribution in [0.15, 0.2) is 22.7 Å². The number of hydrogen-bond donors (Lipinski definition) is 2. The maximum absolute atomic E-state index is 12.2. The van der Waals surface area contributed by atoms with Crippen LogP contribution in [0.5, 0.6) is 0 Å². The number of rotatable bonds is 3. The van der Waals surface area contributed by atoms with Crippen molar-refractivity contribution in [3.8, 4) is 0 Å². The number of carbonyl (C=O) groups is 2. The number of carbonyl (C=O) groups excluding carboxylic acids is 1. The number of anilines is 1. The normalized spacial score (nSPS) is 10.3. The number of carboxylic acid groups (broad SMARTS) is 1. The molecule has 1 aromatic carbocycles. The number of hydrogen-bond acceptors (Lipinski definition) is 4. The number of benzene rings is 1. The number of aryl methyl sites for hydroxylation is 1. The minimum atomic E-state index is -1.13. The highest BCUT2D eigenvalue weighted by Crippen LogP contribution is 2.27. The van der Waals surface area contributed by atoms with Crippen LogP contribution >= 0.6 is 39.1 Å². The van der Waals surface area contributed by atoms with Gasteiger partial charge in [-0.1, -0.05) is 11.6 Å². The number of nitrogens with zero attached hydrogens (tertiary/aromatic N) is 1. The largest absolute Gasteiger partial charge is 0.478 e. The van der Waals surface area contributed by atoms with Gasteiger partial charge in [0.05, 0.1) is 11.3 Å². The van der Waals surface area contributed by atoms with Crippen LogP contribution in [0.3, 0.4) is 0 Å². The standard InChI is InChI=1S/C12H8BrClN2O3S/c1-5-9(12(18)19)11(20-16-5)15-10(17)7-4-6(14)2-3-8(7)13/h2-4H,1H3,(H,15,17)(H,18,19). The van der Waals surface area contributed by atoms with Gasteiger partial charge in [-0.3, -0.25) is 4.79 Å². The lowest BCUT2D eigenvalue weighted by molar-refractivity contribution is 0.0697. The van der Waals surface area contributed by atoms with Crippen molar-refractivity contribution >= 4 is 55.9 Å². The molecule has 1 heterocycles. The van der Waals surface area contributed by atoms with Crippen molar-refractivity contribution in [2.24, 2.45) is 0 Å². The molecule has 8 heteroatoms. The van der Waals surface area contributed by atoms with Gasteiger partial charge in [-0.05, 0) is 52.6 Å². The van der Waals surface area contributed by atoms with E-state index in [0.717, 1.165) is 11.5 Å². The van der Waals surface area contributed by atoms with E-state index in [1.807, 2.05) is 0 Å². The van der Waals surface area contributed by atoms with E-state index in [-0.39, 0.29) is 10.6 Å². The highest BCUT2D eigenvalue weighted by molar-refractivity contribution is 9.10. The summed E-state index contributed by atoms with van der Waals surface area (Å²) in [6, 6.07) is 4.78. The van der Waals surface area contributed by atoms with E-state index >= 15 is 0 Å². The number of carboxylic acids is 1. The van der Waals surface area contributed by atoms with Gasteiger partial charge in [0.1, 0.15) is 10.6 Å². The van der Waals surface area contributed by atoms with Crippen LogP contribution < -0.4 is 5.32 Å². The number of amides is 1. The summed E-state index contributed by atoms with van der Waals surface area (Å²) in [6.45, 7) is 1.57. The zero-order chi connectivity index (χ0) is 14.9. The lowest BCUT2D eigenvalue weighted by Crippen LogP contribution is -2.14. The SMILES string of the molecule is Cc1nsc(NC(=O)c2cc(Cl)ccc2Br)c1C(=O)O. The molecule has 20 heavy (non-hydrogen) atoms. The zero-order valence-corrected chi connectivity index (χ0v) is 13.3. The molecule has 2 rings (SSSR count). The van der Waals surface area contributed by atoms with Crippen LogP contribution in [-0.4, -0.2) is 21.4 Å². The molecule has 2 N–H and O–H groups in total. The van der Waals surface area contributed by atoms with Crippen molar-refractivity contribution in [1.29, 1.82) is 0 Å². The Morgan fingerprint density at radius 1 is 1.45 bits per heavy atom. The van der Waals surface area contributed by atoms with Crippen LogP contribution in [0.4, 0.5) is 5.00 Å². The summed E-state index contributed by atoms with van der Waals surface area (Å²) < 4.78 is 4.50. The van der Waals surface area contributed by atoms with E-state index in [4.69, 9.17) is 16.7 Å². The fraction of sp³-hybridized carbons (Fsp3) is 0.0833. The van der Waals surface area contributed by atoms with Gasteiger partial charge in [0.15, 0.2) is 0 Å². The van der Waals surface area contributed by atoms with Gasteiger partial charge in [0, 0.05) is 9.50 Å². The zero-order valence-electron chi connectivity index (χ0n) is 10.1. The summed E-state index contributed by atoms with van der Waals surface area (Å²) in [5, 5.41) is 12.3. The van der Waals surface area contributed by atoms with Gasteiger partial charge in [0.25, 0.3) is 5.91 Å². The van der Waals surface area contributed by atoms with Gasteiger partial charge >= 0.3 is 5.97 Å². The average Bonchev–Trinajstić information content (AvgIpc) is 2.73. The van der Waals surface area contributed by atoms with Gasteiger partial charge in [-0.15, -0.1) is 0 Å². The Morgan fingerprint density at radius 2 is 2.15 bits per heavy atom. The monoisotopic (exact) mass is 374 g/mol. The van der Waals surface area contributed by atoms with Crippen LogP contribution in [0.25, 0.3) is 0 Å². The first kappa shape index (κ1) is 15.0. The Bertz CT molecular complexity index is 702. The number of halogens is 2. The van der Waals surface area contributed by atoms with Crippen molar-refractivity contribution in [3.05, 3.63) is 44.5 Å². The third-order valence-electron chi connectivity index (χ3n) is 2.48. The summed E-state index contributed by atoms with van der Waals surface area (Å²) in [7, 11) is 0. The molecule has 1 amide bonds. The Morgan fingerprint density at radius 3 is 2.80 bits per heavy atom. The Hall–Kier alpha value is -1.44. The molecule has 0 fully saturated rings. The van der Waals surface area contributed by atoms with Gasteiger partial charge in [-0.25, -0.2) is 4.79 Å². The fourth-order valence-electron chi connectivity index (χ4n) is 1.55. The molecule has 5 nitrogen and oxygen atoms in total. The van der Waals surface area contributed by atoms with Crippen LogP contribution in [-0.2, 0) is 0 Å². The average molecular weight is 376 g/mol. The first-order valence-corrected chi connectivity index (χ1v) is 7.30. The molecule has 0 aliphatic rings. The second kappa shape index (κ2) is 5.90. The molecule has 0 bridgehead atoms. The maximum Gasteiger partial charge on any atom is 0.340 e. The van der Waals surface area contributed by atoms with Crippen LogP contribution in [0.2, 0.25) is 5.02 Å². The Balaban J connectivity index is 2.33. The molecule has 0 saturated carbocycles. The van der Waals surface area contributed by atoms with E-state index < -0.39 is 11.9 Å². The number of aromatic carboxylic acids is 1. The lowest BCUT2D eigenvalue weighted by Gasteiger charge is -2.06. The predicted octanol–water partition coefficient (Wildman–Crippen LogP) is 3.82. The summed E-state index contributed by atoms with van der Waals surface area (Å²) in [5.74, 6) is -1.58. The minimum Gasteiger partial charge on any atom is -0.478 e. The van der Waals surface area contributed by atoms with E-state index in [1.54, 1.807) is 19.1 Å². The topological polar surface area (TPSA) is 79.3 Å². The predicted molar refractivity (Wildman–Crippen MR) is 80.9 cm³/mol. The van der Waals surface area contributed by atoms with Crippen molar-refractivity contribution in [1.82, 2.24) is 4.37 Å². The molecule has 0 aliphatic heterocycles. The molecule has 0 radical (unpaired) electrons. The quantitative estimate of drug-likeness (QED) is 0.855. The lowest BCUT2D eigenvalue weighted by atomic mass is 10.2. The minimum absolute atomic E-state index is 0.00139. The third kappa shape index (κ3) is 3.00. The highest BCUT2D eigenvalue weighted by atomic mass is 79.9. The summed E-state index contributed by atoms with van der Waals surface area (Å²) in [6.07, 6.45) is 0. The van der Waals surface area contributed by atoms with Gasteiger partial charge < -0.3 is 10.4 Å². The first-order valence-electron chi connectivity index (χ1n) is 5.36. The van der Waals surface area contributed by atoms with Gasteiger partial charge in [-0.2, -0.15) is 4.37 Å². The van der Waals surface area contributed by atoms with Crippen molar-refractivity contribution in [2.45, 2.75) is 6.92 Å². The first-order chi connectivity index (χ1) is 9.40. The summed E-state index contributed by atoms with van der Waals surface area (Å²) in [4.78, 5) is 23.3. The van der Waals surface area contributed by atoms with Gasteiger partial charge in [0.2, 0.25) is 0 Å². The molecule has 0 spiro atoms. The number of nitrogens with one attached hydrogen (secondary N) is 1. The molecule has 2 aromatic rings. The van der Waals surface area contributed by atoms with Crippen LogP contribution in [0.1, 0.15) is 26.4 Å². The molecule has 0 aliphatic carbocycles. The third-order valence-corrected chi connectivity index (χ3v) is 4.26. The molecule has 0 atom stereocenters. The smallest absolute Gasteiger partial charge is 0.340 e.